The minimum atomic E-state index is -3.34. The zero-order valence-electron chi connectivity index (χ0n) is 12.4. The van der Waals surface area contributed by atoms with Crippen LogP contribution in [0.3, 0.4) is 0 Å². The molecule has 0 heterocycles. The van der Waals surface area contributed by atoms with Crippen molar-refractivity contribution in [2.24, 2.45) is 0 Å². The average Bonchev–Trinajstić information content (AvgIpc) is 2.46. The summed E-state index contributed by atoms with van der Waals surface area (Å²) in [6, 6.07) is 8.86. The SMILES string of the molecule is CCOP(=O)(OCC)C(C)N(C)C(=O)c1ccccc1. The quantitative estimate of drug-likeness (QED) is 0.724. The Morgan fingerprint density at radius 2 is 1.70 bits per heavy atom. The Hall–Kier alpha value is -1.16. The molecule has 112 valence electrons. The number of hydrogen-bond donors (Lipinski definition) is 0. The molecular formula is C14H22NO4P. The van der Waals surface area contributed by atoms with Crippen LogP contribution in [0.25, 0.3) is 0 Å². The molecule has 0 aliphatic heterocycles. The van der Waals surface area contributed by atoms with Crippen LogP contribution in [-0.2, 0) is 13.6 Å². The molecule has 0 saturated heterocycles. The zero-order valence-corrected chi connectivity index (χ0v) is 13.3. The van der Waals surface area contributed by atoms with Crippen molar-refractivity contribution in [2.75, 3.05) is 20.3 Å². The molecule has 1 aromatic carbocycles. The first-order valence-corrected chi connectivity index (χ1v) is 8.28. The number of rotatable bonds is 7. The normalized spacial score (nSPS) is 13.0. The Morgan fingerprint density at radius 3 is 2.15 bits per heavy atom. The molecule has 5 nitrogen and oxygen atoms in total. The summed E-state index contributed by atoms with van der Waals surface area (Å²) in [5.41, 5.74) is 0.543. The molecule has 0 aromatic heterocycles. The summed E-state index contributed by atoms with van der Waals surface area (Å²) in [5, 5.41) is 0. The van der Waals surface area contributed by atoms with Crippen molar-refractivity contribution in [3.05, 3.63) is 35.9 Å². The maximum absolute atomic E-state index is 12.7. The lowest BCUT2D eigenvalue weighted by Crippen LogP contribution is -2.36. The van der Waals surface area contributed by atoms with Crippen molar-refractivity contribution in [1.29, 1.82) is 0 Å². The second kappa shape index (κ2) is 7.58. The third-order valence-corrected chi connectivity index (χ3v) is 5.48. The van der Waals surface area contributed by atoms with E-state index in [9.17, 15) is 9.36 Å². The summed E-state index contributed by atoms with van der Waals surface area (Å²) in [4.78, 5) is 13.7. The van der Waals surface area contributed by atoms with E-state index < -0.39 is 13.4 Å². The molecule has 20 heavy (non-hydrogen) atoms. The number of carbonyl (C=O) groups is 1. The number of carbonyl (C=O) groups excluding carboxylic acids is 1. The first kappa shape index (κ1) is 16.9. The lowest BCUT2D eigenvalue weighted by Gasteiger charge is -2.30. The smallest absolute Gasteiger partial charge is 0.327 e. The highest BCUT2D eigenvalue weighted by Crippen LogP contribution is 2.53. The van der Waals surface area contributed by atoms with Gasteiger partial charge in [0.25, 0.3) is 5.91 Å². The molecule has 0 fully saturated rings. The zero-order chi connectivity index (χ0) is 15.2. The third-order valence-electron chi connectivity index (χ3n) is 2.98. The fourth-order valence-electron chi connectivity index (χ4n) is 1.78. The molecule has 6 heteroatoms. The van der Waals surface area contributed by atoms with Crippen molar-refractivity contribution in [3.8, 4) is 0 Å². The minimum absolute atomic E-state index is 0.210. The van der Waals surface area contributed by atoms with Crippen LogP contribution in [0.5, 0.6) is 0 Å². The van der Waals surface area contributed by atoms with Gasteiger partial charge in [0.15, 0.2) is 0 Å². The van der Waals surface area contributed by atoms with Crippen molar-refractivity contribution in [2.45, 2.75) is 26.6 Å². The van der Waals surface area contributed by atoms with E-state index in [1.54, 1.807) is 52.1 Å². The van der Waals surface area contributed by atoms with Crippen LogP contribution < -0.4 is 0 Å². The van der Waals surface area contributed by atoms with Gasteiger partial charge in [0.05, 0.1) is 13.2 Å². The fraction of sp³-hybridized carbons (Fsp3) is 0.500. The summed E-state index contributed by atoms with van der Waals surface area (Å²) in [6.45, 7) is 5.71. The van der Waals surface area contributed by atoms with Crippen LogP contribution in [0.1, 0.15) is 31.1 Å². The highest BCUT2D eigenvalue weighted by molar-refractivity contribution is 7.54. The predicted octanol–water partition coefficient (Wildman–Crippen LogP) is 3.37. The van der Waals surface area contributed by atoms with E-state index in [-0.39, 0.29) is 19.1 Å². The van der Waals surface area contributed by atoms with Crippen LogP contribution in [-0.4, -0.2) is 36.9 Å². The molecule has 1 aromatic rings. The molecule has 0 saturated carbocycles. The van der Waals surface area contributed by atoms with Crippen LogP contribution in [0.2, 0.25) is 0 Å². The Morgan fingerprint density at radius 1 is 1.20 bits per heavy atom. The van der Waals surface area contributed by atoms with Gasteiger partial charge in [-0.15, -0.1) is 0 Å². The van der Waals surface area contributed by atoms with E-state index in [0.717, 1.165) is 0 Å². The van der Waals surface area contributed by atoms with Crippen LogP contribution in [0.15, 0.2) is 30.3 Å². The lowest BCUT2D eigenvalue weighted by atomic mass is 10.2. The molecular weight excluding hydrogens is 277 g/mol. The molecule has 1 atom stereocenters. The molecule has 1 rings (SSSR count). The molecule has 1 amide bonds. The van der Waals surface area contributed by atoms with E-state index in [1.165, 1.54) is 4.90 Å². The van der Waals surface area contributed by atoms with E-state index in [4.69, 9.17) is 9.05 Å². The first-order valence-electron chi connectivity index (χ1n) is 6.67. The number of hydrogen-bond acceptors (Lipinski definition) is 4. The van der Waals surface area contributed by atoms with E-state index >= 15 is 0 Å². The second-order valence-electron chi connectivity index (χ2n) is 4.29. The lowest BCUT2D eigenvalue weighted by molar-refractivity contribution is 0.0754. The van der Waals surface area contributed by atoms with Gasteiger partial charge in [-0.25, -0.2) is 0 Å². The van der Waals surface area contributed by atoms with Gasteiger partial charge in [-0.2, -0.15) is 0 Å². The van der Waals surface area contributed by atoms with Crippen LogP contribution in [0.4, 0.5) is 0 Å². The van der Waals surface area contributed by atoms with Crippen molar-refractivity contribution < 1.29 is 18.4 Å². The Kier molecular flexibility index (Phi) is 6.40. The summed E-state index contributed by atoms with van der Waals surface area (Å²) in [5.74, 6) is -0.854. The molecule has 0 radical (unpaired) electrons. The molecule has 0 bridgehead atoms. The van der Waals surface area contributed by atoms with E-state index in [2.05, 4.69) is 0 Å². The predicted molar refractivity (Wildman–Crippen MR) is 78.9 cm³/mol. The van der Waals surface area contributed by atoms with Gasteiger partial charge in [-0.3, -0.25) is 9.36 Å². The Bertz CT molecular complexity index is 467. The topological polar surface area (TPSA) is 55.8 Å². The molecule has 0 aliphatic carbocycles. The molecule has 0 aliphatic rings. The molecule has 1 unspecified atom stereocenters. The maximum Gasteiger partial charge on any atom is 0.352 e. The van der Waals surface area contributed by atoms with Crippen LogP contribution in [0, 0.1) is 0 Å². The van der Waals surface area contributed by atoms with Gasteiger partial charge in [0, 0.05) is 12.6 Å². The largest absolute Gasteiger partial charge is 0.352 e. The average molecular weight is 299 g/mol. The van der Waals surface area contributed by atoms with Gasteiger partial charge in [-0.1, -0.05) is 18.2 Å². The second-order valence-corrected chi connectivity index (χ2v) is 6.63. The van der Waals surface area contributed by atoms with Crippen molar-refractivity contribution >= 4 is 13.5 Å². The van der Waals surface area contributed by atoms with Gasteiger partial charge in [0.1, 0.15) is 5.78 Å². The van der Waals surface area contributed by atoms with Gasteiger partial charge in [0.2, 0.25) is 0 Å². The van der Waals surface area contributed by atoms with E-state index in [1.807, 2.05) is 6.07 Å². The summed E-state index contributed by atoms with van der Waals surface area (Å²) < 4.78 is 23.2. The van der Waals surface area contributed by atoms with Crippen molar-refractivity contribution in [3.63, 3.8) is 0 Å². The first-order chi connectivity index (χ1) is 9.46. The summed E-state index contributed by atoms with van der Waals surface area (Å²) >= 11 is 0. The van der Waals surface area contributed by atoms with Gasteiger partial charge >= 0.3 is 7.60 Å². The highest BCUT2D eigenvalue weighted by atomic mass is 31.2. The molecule has 0 spiro atoms. The number of nitrogens with zero attached hydrogens (tertiary/aromatic N) is 1. The third kappa shape index (κ3) is 3.92. The van der Waals surface area contributed by atoms with Crippen LogP contribution >= 0.6 is 7.60 Å². The van der Waals surface area contributed by atoms with Gasteiger partial charge in [-0.05, 0) is 32.9 Å². The summed E-state index contributed by atoms with van der Waals surface area (Å²) in [7, 11) is -1.73. The Balaban J connectivity index is 2.92. The van der Waals surface area contributed by atoms with Gasteiger partial charge < -0.3 is 13.9 Å². The fourth-order valence-corrected chi connectivity index (χ4v) is 3.53. The molecule has 0 N–H and O–H groups in total. The number of benzene rings is 1. The van der Waals surface area contributed by atoms with E-state index in [0.29, 0.717) is 5.56 Å². The van der Waals surface area contributed by atoms with Crippen molar-refractivity contribution in [1.82, 2.24) is 4.90 Å². The highest BCUT2D eigenvalue weighted by Gasteiger charge is 2.37. The monoisotopic (exact) mass is 299 g/mol. The number of amides is 1. The standard InChI is InChI=1S/C14H22NO4P/c1-5-18-20(17,19-6-2)12(3)15(4)14(16)13-10-8-7-9-11-13/h7-12H,5-6H2,1-4H3. The maximum atomic E-state index is 12.7. The summed E-state index contributed by atoms with van der Waals surface area (Å²) in [6.07, 6.45) is 0. The Labute approximate surface area is 120 Å². The minimum Gasteiger partial charge on any atom is -0.327 e.